The summed E-state index contributed by atoms with van der Waals surface area (Å²) in [4.78, 5) is 5.15. The number of nitrogens with one attached hydrogen (secondary N) is 1. The Balaban J connectivity index is 1.81. The van der Waals surface area contributed by atoms with E-state index in [-0.39, 0.29) is 0 Å². The summed E-state index contributed by atoms with van der Waals surface area (Å²) in [5.74, 6) is 0.854. The number of pyridine rings is 1. The number of hydrogen-bond donors (Lipinski definition) is 2. The third kappa shape index (κ3) is 2.44. The van der Waals surface area contributed by atoms with Crippen LogP contribution in [0.15, 0.2) is 6.07 Å². The molecule has 1 fully saturated rings. The van der Waals surface area contributed by atoms with E-state index >= 15 is 0 Å². The fourth-order valence-electron chi connectivity index (χ4n) is 2.84. The van der Waals surface area contributed by atoms with Crippen molar-refractivity contribution in [3.63, 3.8) is 0 Å². The lowest BCUT2D eigenvalue weighted by Crippen LogP contribution is -2.40. The molecule has 0 aromatic carbocycles. The molecule has 1 aromatic heterocycles. The summed E-state index contributed by atoms with van der Waals surface area (Å²) in [6, 6.07) is 2.54. The van der Waals surface area contributed by atoms with Gasteiger partial charge in [-0.15, -0.1) is 0 Å². The number of anilines is 1. The van der Waals surface area contributed by atoms with Crippen LogP contribution in [-0.4, -0.2) is 29.2 Å². The minimum Gasteiger partial charge on any atom is -0.389 e. The predicted molar refractivity (Wildman–Crippen MR) is 79.6 cm³/mol. The van der Waals surface area contributed by atoms with Gasteiger partial charge in [0.15, 0.2) is 0 Å². The van der Waals surface area contributed by atoms with Crippen molar-refractivity contribution in [2.75, 3.05) is 12.4 Å². The molecule has 0 aliphatic heterocycles. The number of nitrogens with two attached hydrogens (primary N) is 1. The van der Waals surface area contributed by atoms with E-state index in [0.29, 0.717) is 17.1 Å². The van der Waals surface area contributed by atoms with Gasteiger partial charge in [-0.3, -0.25) is 0 Å². The summed E-state index contributed by atoms with van der Waals surface area (Å²) >= 11 is 5.15. The van der Waals surface area contributed by atoms with Gasteiger partial charge in [-0.25, -0.2) is 4.98 Å². The molecule has 2 aliphatic carbocycles. The molecule has 1 aromatic rings. The molecule has 0 spiro atoms. The van der Waals surface area contributed by atoms with Gasteiger partial charge in [0.1, 0.15) is 10.8 Å². The topological polar surface area (TPSA) is 60.2 Å². The molecule has 0 unspecified atom stereocenters. The van der Waals surface area contributed by atoms with Crippen LogP contribution in [-0.2, 0) is 17.6 Å². The maximum atomic E-state index is 5.82. The van der Waals surface area contributed by atoms with Crippen molar-refractivity contribution in [3.8, 4) is 0 Å². The lowest BCUT2D eigenvalue weighted by Gasteiger charge is -2.35. The summed E-state index contributed by atoms with van der Waals surface area (Å²) in [7, 11) is 1.76. The summed E-state index contributed by atoms with van der Waals surface area (Å²) < 4.78 is 5.29. The molecule has 0 amide bonds. The second-order valence-corrected chi connectivity index (χ2v) is 5.82. The Bertz CT molecular complexity index is 512. The summed E-state index contributed by atoms with van der Waals surface area (Å²) in [6.45, 7) is 0. The number of hydrogen-bond acceptors (Lipinski definition) is 4. The van der Waals surface area contributed by atoms with Crippen molar-refractivity contribution in [1.82, 2.24) is 4.98 Å². The average Bonchev–Trinajstić information content (AvgIpc) is 2.78. The van der Waals surface area contributed by atoms with Crippen molar-refractivity contribution in [2.24, 2.45) is 5.73 Å². The molecule has 3 rings (SSSR count). The highest BCUT2D eigenvalue weighted by atomic mass is 32.1. The van der Waals surface area contributed by atoms with E-state index in [1.54, 1.807) is 7.11 Å². The van der Waals surface area contributed by atoms with Gasteiger partial charge in [-0.2, -0.15) is 0 Å². The van der Waals surface area contributed by atoms with Gasteiger partial charge in [0.2, 0.25) is 0 Å². The van der Waals surface area contributed by atoms with Crippen LogP contribution < -0.4 is 11.1 Å². The van der Waals surface area contributed by atoms with Gasteiger partial charge in [0, 0.05) is 18.8 Å². The lowest BCUT2D eigenvalue weighted by atomic mass is 9.89. The van der Waals surface area contributed by atoms with Gasteiger partial charge in [0.05, 0.1) is 11.7 Å². The highest BCUT2D eigenvalue weighted by molar-refractivity contribution is 7.80. The number of aromatic nitrogens is 1. The molecule has 1 saturated carbocycles. The van der Waals surface area contributed by atoms with Crippen LogP contribution in [0.1, 0.15) is 36.1 Å². The highest BCUT2D eigenvalue weighted by Gasteiger charge is 2.30. The first-order valence-electron chi connectivity index (χ1n) is 6.79. The monoisotopic (exact) mass is 277 g/mol. The highest BCUT2D eigenvalue weighted by Crippen LogP contribution is 2.30. The molecule has 3 N–H and O–H groups in total. The Morgan fingerprint density at radius 2 is 2.26 bits per heavy atom. The van der Waals surface area contributed by atoms with Crippen molar-refractivity contribution in [3.05, 3.63) is 22.9 Å². The summed E-state index contributed by atoms with van der Waals surface area (Å²) in [5.41, 5.74) is 9.21. The van der Waals surface area contributed by atoms with Crippen LogP contribution in [0.2, 0.25) is 0 Å². The van der Waals surface area contributed by atoms with Crippen LogP contribution >= 0.6 is 12.2 Å². The van der Waals surface area contributed by atoms with Crippen molar-refractivity contribution in [1.29, 1.82) is 0 Å². The summed E-state index contributed by atoms with van der Waals surface area (Å²) in [6.07, 6.45) is 5.75. The van der Waals surface area contributed by atoms with E-state index in [9.17, 15) is 0 Å². The van der Waals surface area contributed by atoms with Crippen LogP contribution in [0.4, 0.5) is 5.82 Å². The number of aryl methyl sites for hydroxylation is 2. The van der Waals surface area contributed by atoms with E-state index in [1.807, 2.05) is 0 Å². The van der Waals surface area contributed by atoms with Gasteiger partial charge < -0.3 is 15.8 Å². The van der Waals surface area contributed by atoms with E-state index < -0.39 is 0 Å². The molecule has 0 saturated heterocycles. The largest absolute Gasteiger partial charge is 0.389 e. The number of nitrogens with zero attached hydrogens (tertiary/aromatic N) is 1. The zero-order valence-corrected chi connectivity index (χ0v) is 11.9. The SMILES string of the molecule is COC1CC(Nc2nc3c(cc2C(N)=S)CCC3)C1. The second-order valence-electron chi connectivity index (χ2n) is 5.38. The molecule has 102 valence electrons. The Morgan fingerprint density at radius 3 is 2.95 bits per heavy atom. The Labute approximate surface area is 118 Å². The van der Waals surface area contributed by atoms with Crippen LogP contribution in [0, 0.1) is 0 Å². The lowest BCUT2D eigenvalue weighted by molar-refractivity contribution is 0.0328. The first kappa shape index (κ1) is 12.8. The minimum atomic E-state index is 0.375. The van der Waals surface area contributed by atoms with Gasteiger partial charge in [0.25, 0.3) is 0 Å². The zero-order valence-electron chi connectivity index (χ0n) is 11.1. The normalized spacial score (nSPS) is 24.7. The summed E-state index contributed by atoms with van der Waals surface area (Å²) in [5, 5.41) is 3.46. The molecule has 19 heavy (non-hydrogen) atoms. The molecule has 0 atom stereocenters. The maximum Gasteiger partial charge on any atom is 0.136 e. The van der Waals surface area contributed by atoms with E-state index in [4.69, 9.17) is 27.7 Å². The molecule has 5 heteroatoms. The smallest absolute Gasteiger partial charge is 0.136 e. The average molecular weight is 277 g/mol. The molecule has 4 nitrogen and oxygen atoms in total. The minimum absolute atomic E-state index is 0.375. The van der Waals surface area contributed by atoms with Crippen molar-refractivity contribution >= 4 is 23.0 Å². The third-order valence-electron chi connectivity index (χ3n) is 4.09. The number of fused-ring (bicyclic) bond motifs is 1. The van der Waals surface area contributed by atoms with Crippen LogP contribution in [0.3, 0.4) is 0 Å². The molecule has 1 heterocycles. The standard InChI is InChI=1S/C14H19N3OS/c1-18-10-6-9(7-10)16-14-11(13(15)19)5-8-3-2-4-12(8)17-14/h5,9-10H,2-4,6-7H2,1H3,(H2,15,19)(H,16,17). The van der Waals surface area contributed by atoms with E-state index in [1.165, 1.54) is 17.7 Å². The Hall–Kier alpha value is -1.20. The Kier molecular flexibility index (Phi) is 3.41. The fraction of sp³-hybridized carbons (Fsp3) is 0.571. The Morgan fingerprint density at radius 1 is 1.47 bits per heavy atom. The third-order valence-corrected chi connectivity index (χ3v) is 4.31. The predicted octanol–water partition coefficient (Wildman–Crippen LogP) is 1.79. The number of methoxy groups -OCH3 is 1. The van der Waals surface area contributed by atoms with Gasteiger partial charge >= 0.3 is 0 Å². The van der Waals surface area contributed by atoms with Crippen LogP contribution in [0.5, 0.6) is 0 Å². The molecular weight excluding hydrogens is 258 g/mol. The maximum absolute atomic E-state index is 5.82. The quantitative estimate of drug-likeness (QED) is 0.822. The first-order chi connectivity index (χ1) is 9.17. The molecular formula is C14H19N3OS. The zero-order chi connectivity index (χ0) is 13.4. The molecule has 0 bridgehead atoms. The van der Waals surface area contributed by atoms with E-state index in [2.05, 4.69) is 11.4 Å². The second kappa shape index (κ2) is 5.06. The van der Waals surface area contributed by atoms with E-state index in [0.717, 1.165) is 37.1 Å². The number of thiocarbonyl (C=S) groups is 1. The number of ether oxygens (including phenoxy) is 1. The molecule has 0 radical (unpaired) electrons. The molecule has 2 aliphatic rings. The van der Waals surface area contributed by atoms with Gasteiger partial charge in [-0.1, -0.05) is 12.2 Å². The van der Waals surface area contributed by atoms with Crippen LogP contribution in [0.25, 0.3) is 0 Å². The van der Waals surface area contributed by atoms with Gasteiger partial charge in [-0.05, 0) is 43.7 Å². The number of rotatable bonds is 4. The van der Waals surface area contributed by atoms with Crippen molar-refractivity contribution in [2.45, 2.75) is 44.2 Å². The van der Waals surface area contributed by atoms with Crippen molar-refractivity contribution < 1.29 is 4.74 Å². The fourth-order valence-corrected chi connectivity index (χ4v) is 2.99. The first-order valence-corrected chi connectivity index (χ1v) is 7.20.